The number of hydrogen-bond acceptors (Lipinski definition) is 2. The van der Waals surface area contributed by atoms with Crippen molar-refractivity contribution < 1.29 is 0 Å². The number of rotatable bonds is 2. The van der Waals surface area contributed by atoms with E-state index in [1.807, 2.05) is 0 Å². The van der Waals surface area contributed by atoms with Crippen molar-refractivity contribution in [2.45, 2.75) is 46.7 Å². The first-order valence-electron chi connectivity index (χ1n) is 6.98. The lowest BCUT2D eigenvalue weighted by Gasteiger charge is -2.09. The molecule has 3 rings (SSSR count). The molecule has 3 heteroatoms. The fraction of sp³-hybridized carbons (Fsp3) is 0.438. The normalized spacial score (nSPS) is 13.9. The summed E-state index contributed by atoms with van der Waals surface area (Å²) in [6.07, 6.45) is 2.33. The molecule has 0 atom stereocenters. The lowest BCUT2D eigenvalue weighted by molar-refractivity contribution is 0.689. The van der Waals surface area contributed by atoms with Crippen LogP contribution >= 0.6 is 0 Å². The van der Waals surface area contributed by atoms with Crippen LogP contribution in [0.25, 0.3) is 11.3 Å². The number of hydrogen-bond donors (Lipinski definition) is 1. The van der Waals surface area contributed by atoms with Gasteiger partial charge in [-0.3, -0.25) is 0 Å². The van der Waals surface area contributed by atoms with Crippen LogP contribution in [0.15, 0.2) is 12.1 Å². The van der Waals surface area contributed by atoms with Crippen LogP contribution in [0.5, 0.6) is 0 Å². The van der Waals surface area contributed by atoms with Gasteiger partial charge in [-0.25, -0.2) is 4.98 Å². The van der Waals surface area contributed by atoms with Crippen LogP contribution in [-0.4, -0.2) is 9.55 Å². The molecule has 0 fully saturated rings. The number of nitrogens with zero attached hydrogens (tertiary/aromatic N) is 2. The lowest BCUT2D eigenvalue weighted by atomic mass is 9.97. The van der Waals surface area contributed by atoms with Crippen molar-refractivity contribution in [2.24, 2.45) is 5.73 Å². The lowest BCUT2D eigenvalue weighted by Crippen LogP contribution is -2.06. The molecule has 0 spiro atoms. The van der Waals surface area contributed by atoms with E-state index in [4.69, 9.17) is 10.7 Å². The van der Waals surface area contributed by atoms with Gasteiger partial charge in [0.25, 0.3) is 0 Å². The first-order valence-corrected chi connectivity index (χ1v) is 6.98. The van der Waals surface area contributed by atoms with E-state index in [9.17, 15) is 0 Å². The molecular weight excluding hydrogens is 234 g/mol. The largest absolute Gasteiger partial charge is 0.330 e. The molecule has 1 aromatic heterocycles. The molecule has 0 saturated heterocycles. The van der Waals surface area contributed by atoms with Crippen LogP contribution in [0.3, 0.4) is 0 Å². The molecule has 1 aliphatic rings. The molecule has 0 amide bonds. The highest BCUT2D eigenvalue weighted by Crippen LogP contribution is 2.32. The van der Waals surface area contributed by atoms with Gasteiger partial charge >= 0.3 is 0 Å². The first kappa shape index (κ1) is 12.4. The summed E-state index contributed by atoms with van der Waals surface area (Å²) in [6, 6.07) is 4.53. The van der Waals surface area contributed by atoms with Crippen LogP contribution in [0, 0.1) is 20.8 Å². The third-order valence-electron chi connectivity index (χ3n) is 4.23. The molecule has 0 saturated carbocycles. The Morgan fingerprint density at radius 1 is 1.16 bits per heavy atom. The number of imidazole rings is 1. The molecule has 2 heterocycles. The molecule has 100 valence electrons. The summed E-state index contributed by atoms with van der Waals surface area (Å²) in [6.45, 7) is 8.09. The smallest absolute Gasteiger partial charge is 0.123 e. The van der Waals surface area contributed by atoms with Crippen molar-refractivity contribution in [3.05, 3.63) is 40.3 Å². The summed E-state index contributed by atoms with van der Waals surface area (Å²) < 4.78 is 2.31. The Morgan fingerprint density at radius 2 is 1.89 bits per heavy atom. The van der Waals surface area contributed by atoms with Gasteiger partial charge in [0.1, 0.15) is 5.82 Å². The van der Waals surface area contributed by atoms with E-state index < -0.39 is 0 Å². The zero-order chi connectivity index (χ0) is 13.6. The van der Waals surface area contributed by atoms with Gasteiger partial charge < -0.3 is 10.3 Å². The molecule has 0 bridgehead atoms. The van der Waals surface area contributed by atoms with Gasteiger partial charge in [0.15, 0.2) is 0 Å². The second-order valence-corrected chi connectivity index (χ2v) is 5.53. The third kappa shape index (κ3) is 1.89. The van der Waals surface area contributed by atoms with Crippen LogP contribution in [0.4, 0.5) is 0 Å². The quantitative estimate of drug-likeness (QED) is 0.896. The predicted molar refractivity (Wildman–Crippen MR) is 78.1 cm³/mol. The van der Waals surface area contributed by atoms with Crippen molar-refractivity contribution in [1.82, 2.24) is 9.55 Å². The molecule has 1 aliphatic heterocycles. The van der Waals surface area contributed by atoms with Gasteiger partial charge in [-0.05, 0) is 56.4 Å². The fourth-order valence-corrected chi connectivity index (χ4v) is 3.05. The molecule has 0 radical (unpaired) electrons. The maximum Gasteiger partial charge on any atom is 0.123 e. The Labute approximate surface area is 114 Å². The molecule has 2 N–H and O–H groups in total. The molecule has 19 heavy (non-hydrogen) atoms. The molecule has 1 aromatic carbocycles. The van der Waals surface area contributed by atoms with E-state index in [-0.39, 0.29) is 0 Å². The van der Waals surface area contributed by atoms with Gasteiger partial charge in [-0.2, -0.15) is 0 Å². The van der Waals surface area contributed by atoms with Crippen molar-refractivity contribution in [3.8, 4) is 11.3 Å². The highest BCUT2D eigenvalue weighted by molar-refractivity contribution is 5.68. The summed E-state index contributed by atoms with van der Waals surface area (Å²) in [5.74, 6) is 1.03. The van der Waals surface area contributed by atoms with Crippen molar-refractivity contribution in [3.63, 3.8) is 0 Å². The minimum atomic E-state index is 0.525. The van der Waals surface area contributed by atoms with Crippen LogP contribution in [0.2, 0.25) is 0 Å². The summed E-state index contributed by atoms with van der Waals surface area (Å²) >= 11 is 0. The van der Waals surface area contributed by atoms with Gasteiger partial charge in [0, 0.05) is 17.8 Å². The van der Waals surface area contributed by atoms with Crippen molar-refractivity contribution in [1.29, 1.82) is 0 Å². The average Bonchev–Trinajstić information content (AvgIpc) is 2.95. The summed E-state index contributed by atoms with van der Waals surface area (Å²) in [4.78, 5) is 4.79. The second kappa shape index (κ2) is 4.49. The van der Waals surface area contributed by atoms with E-state index >= 15 is 0 Å². The van der Waals surface area contributed by atoms with Gasteiger partial charge in [0.05, 0.1) is 12.2 Å². The average molecular weight is 255 g/mol. The van der Waals surface area contributed by atoms with Gasteiger partial charge in [-0.1, -0.05) is 6.07 Å². The first-order chi connectivity index (χ1) is 9.11. The van der Waals surface area contributed by atoms with E-state index in [0.29, 0.717) is 6.54 Å². The number of nitrogens with two attached hydrogens (primary N) is 1. The number of aromatic nitrogens is 2. The Kier molecular flexibility index (Phi) is 2.94. The third-order valence-corrected chi connectivity index (χ3v) is 4.23. The minimum absolute atomic E-state index is 0.525. The zero-order valence-corrected chi connectivity index (χ0v) is 12.0. The van der Waals surface area contributed by atoms with Crippen molar-refractivity contribution in [2.75, 3.05) is 0 Å². The molecule has 0 unspecified atom stereocenters. The Balaban J connectivity index is 2.20. The maximum absolute atomic E-state index is 5.82. The van der Waals surface area contributed by atoms with Crippen LogP contribution in [0.1, 0.15) is 34.6 Å². The molecule has 0 aliphatic carbocycles. The Hall–Kier alpha value is -1.61. The maximum atomic E-state index is 5.82. The highest BCUT2D eigenvalue weighted by atomic mass is 15.1. The molecule has 2 aromatic rings. The van der Waals surface area contributed by atoms with E-state index in [2.05, 4.69) is 37.5 Å². The van der Waals surface area contributed by atoms with Crippen LogP contribution < -0.4 is 5.73 Å². The van der Waals surface area contributed by atoms with E-state index in [1.165, 1.54) is 34.4 Å². The summed E-state index contributed by atoms with van der Waals surface area (Å²) in [5.41, 5.74) is 13.6. The van der Waals surface area contributed by atoms with E-state index in [0.717, 1.165) is 24.5 Å². The number of fused-ring (bicyclic) bond motifs is 1. The number of benzene rings is 1. The Morgan fingerprint density at radius 3 is 2.63 bits per heavy atom. The van der Waals surface area contributed by atoms with Gasteiger partial charge in [0.2, 0.25) is 0 Å². The predicted octanol–water partition coefficient (Wildman–Crippen LogP) is 2.88. The molecular formula is C16H21N3. The van der Waals surface area contributed by atoms with Gasteiger partial charge in [-0.15, -0.1) is 0 Å². The Bertz CT molecular complexity index is 638. The topological polar surface area (TPSA) is 43.8 Å². The van der Waals surface area contributed by atoms with E-state index in [1.54, 1.807) is 0 Å². The zero-order valence-electron chi connectivity index (χ0n) is 12.0. The number of aryl methyl sites for hydroxylation is 3. The monoisotopic (exact) mass is 255 g/mol. The summed E-state index contributed by atoms with van der Waals surface area (Å²) in [5, 5.41) is 0. The molecule has 3 nitrogen and oxygen atoms in total. The second-order valence-electron chi connectivity index (χ2n) is 5.53. The fourth-order valence-electron chi connectivity index (χ4n) is 3.05. The highest BCUT2D eigenvalue weighted by Gasteiger charge is 2.22. The SMILES string of the molecule is Cc1cc(C)c(-c2nc(CN)n3c2CCC3)cc1C. The standard InChI is InChI=1S/C16H21N3/c1-10-7-12(3)13(8-11(10)2)16-14-5-4-6-19(14)15(9-17)18-16/h7-8H,4-6,9,17H2,1-3H3. The van der Waals surface area contributed by atoms with Crippen molar-refractivity contribution >= 4 is 0 Å². The minimum Gasteiger partial charge on any atom is -0.330 e. The summed E-state index contributed by atoms with van der Waals surface area (Å²) in [7, 11) is 0. The van der Waals surface area contributed by atoms with Crippen LogP contribution in [-0.2, 0) is 19.5 Å².